The highest BCUT2D eigenvalue weighted by atomic mass is 35.5. The fourth-order valence-corrected chi connectivity index (χ4v) is 4.24. The van der Waals surface area contributed by atoms with Crippen LogP contribution in [-0.4, -0.2) is 52.8 Å². The first-order valence-corrected chi connectivity index (χ1v) is 12.3. The summed E-state index contributed by atoms with van der Waals surface area (Å²) in [7, 11) is 0. The van der Waals surface area contributed by atoms with E-state index in [4.69, 9.17) is 32.4 Å². The monoisotopic (exact) mass is 577 g/mol. The number of carbonyl (C=O) groups is 5. The smallest absolute Gasteiger partial charge is 0.328 e. The van der Waals surface area contributed by atoms with Gasteiger partial charge in [0.15, 0.2) is 11.5 Å². The number of carboxylic acid groups (broad SMARTS) is 1. The van der Waals surface area contributed by atoms with Gasteiger partial charge in [0.25, 0.3) is 11.8 Å². The van der Waals surface area contributed by atoms with E-state index in [2.05, 4.69) is 16.0 Å². The number of rotatable bonds is 10. The molecular weight excluding hydrogens is 553 g/mol. The molecule has 0 saturated heterocycles. The van der Waals surface area contributed by atoms with Crippen LogP contribution >= 0.6 is 23.2 Å². The van der Waals surface area contributed by atoms with Gasteiger partial charge in [-0.2, -0.15) is 0 Å². The molecule has 0 radical (unpaired) electrons. The molecule has 0 spiro atoms. The van der Waals surface area contributed by atoms with E-state index in [0.717, 1.165) is 6.08 Å². The first kappa shape index (κ1) is 29.5. The maximum atomic E-state index is 12.8. The normalized spacial score (nSPS) is 15.2. The van der Waals surface area contributed by atoms with Crippen LogP contribution in [0.4, 0.5) is 0 Å². The third-order valence-electron chi connectivity index (χ3n) is 5.31. The first-order chi connectivity index (χ1) is 18.3. The molecule has 3 amide bonds. The first-order valence-electron chi connectivity index (χ1n) is 11.6. The van der Waals surface area contributed by atoms with Gasteiger partial charge in [-0.05, 0) is 49.8 Å². The van der Waals surface area contributed by atoms with Crippen molar-refractivity contribution in [3.05, 3.63) is 75.4 Å². The Morgan fingerprint density at radius 1 is 1.13 bits per heavy atom. The number of amides is 3. The average Bonchev–Trinajstić information content (AvgIpc) is 3.35. The number of ketones is 1. The van der Waals surface area contributed by atoms with Crippen molar-refractivity contribution in [2.24, 2.45) is 0 Å². The van der Waals surface area contributed by atoms with Crippen molar-refractivity contribution < 1.29 is 38.2 Å². The van der Waals surface area contributed by atoms with Crippen molar-refractivity contribution in [3.63, 3.8) is 0 Å². The summed E-state index contributed by atoms with van der Waals surface area (Å²) in [6.45, 7) is 2.80. The third kappa shape index (κ3) is 8.45. The van der Waals surface area contributed by atoms with Gasteiger partial charge in [0.2, 0.25) is 5.91 Å². The quantitative estimate of drug-likeness (QED) is 0.313. The average molecular weight is 578 g/mol. The van der Waals surface area contributed by atoms with E-state index in [1.165, 1.54) is 30.5 Å². The molecule has 1 aliphatic heterocycles. The summed E-state index contributed by atoms with van der Waals surface area (Å²) >= 11 is 12.5. The second-order valence-corrected chi connectivity index (χ2v) is 9.90. The second kappa shape index (κ2) is 12.6. The van der Waals surface area contributed by atoms with E-state index in [1.54, 1.807) is 26.0 Å². The number of benzene rings is 1. The molecule has 1 atom stereocenters. The number of furan rings is 1. The van der Waals surface area contributed by atoms with Gasteiger partial charge in [0.05, 0.1) is 21.9 Å². The molecule has 2 aromatic rings. The number of carboxylic acids is 1. The van der Waals surface area contributed by atoms with Crippen LogP contribution in [0.25, 0.3) is 6.08 Å². The number of hydrogen-bond acceptors (Lipinski definition) is 7. The molecule has 11 nitrogen and oxygen atoms in total. The fraction of sp³-hybridized carbons (Fsp3) is 0.269. The van der Waals surface area contributed by atoms with Crippen LogP contribution < -0.4 is 16.0 Å². The van der Waals surface area contributed by atoms with Crippen molar-refractivity contribution in [2.75, 3.05) is 6.54 Å². The number of allylic oxidation sites excluding steroid dienone is 1. The topological polar surface area (TPSA) is 164 Å². The minimum absolute atomic E-state index is 0.0453. The molecule has 2 heterocycles. The van der Waals surface area contributed by atoms with E-state index in [1.807, 2.05) is 0 Å². The molecule has 0 bridgehead atoms. The number of nitrogens with one attached hydrogen (secondary N) is 3. The van der Waals surface area contributed by atoms with E-state index < -0.39 is 41.9 Å². The van der Waals surface area contributed by atoms with Crippen LogP contribution in [0.15, 0.2) is 52.9 Å². The Kier molecular flexibility index (Phi) is 9.55. The van der Waals surface area contributed by atoms with Gasteiger partial charge in [-0.1, -0.05) is 23.2 Å². The van der Waals surface area contributed by atoms with E-state index in [0.29, 0.717) is 11.3 Å². The van der Waals surface area contributed by atoms with Crippen LogP contribution in [-0.2, 0) is 30.5 Å². The van der Waals surface area contributed by atoms with Crippen LogP contribution in [0, 0.1) is 0 Å². The minimum Gasteiger partial charge on any atom is -0.482 e. The molecule has 0 aliphatic carbocycles. The largest absolute Gasteiger partial charge is 0.482 e. The van der Waals surface area contributed by atoms with Crippen molar-refractivity contribution >= 4 is 58.8 Å². The Hall–Kier alpha value is -4.09. The SMILES string of the molecule is CC1(C)CC(=O)C=C(C(=O)NCC(NC(=O)c2c(Cl)cc(CNC(=O)/C=C/c3ccco3)cc2Cl)C(=O)O)O1. The van der Waals surface area contributed by atoms with E-state index in [9.17, 15) is 29.1 Å². The highest BCUT2D eigenvalue weighted by Crippen LogP contribution is 2.27. The predicted molar refractivity (Wildman–Crippen MR) is 141 cm³/mol. The van der Waals surface area contributed by atoms with Gasteiger partial charge < -0.3 is 30.2 Å². The zero-order valence-corrected chi connectivity index (χ0v) is 22.4. The lowest BCUT2D eigenvalue weighted by Gasteiger charge is -2.30. The minimum atomic E-state index is -1.55. The lowest BCUT2D eigenvalue weighted by atomic mass is 9.98. The van der Waals surface area contributed by atoms with Gasteiger partial charge in [0, 0.05) is 31.7 Å². The fourth-order valence-electron chi connectivity index (χ4n) is 3.54. The third-order valence-corrected chi connectivity index (χ3v) is 5.91. The molecule has 1 aromatic heterocycles. The summed E-state index contributed by atoms with van der Waals surface area (Å²) in [5.41, 5.74) is -0.589. The molecule has 3 rings (SSSR count). The summed E-state index contributed by atoms with van der Waals surface area (Å²) in [6.07, 6.45) is 5.37. The number of aliphatic carboxylic acids is 1. The summed E-state index contributed by atoms with van der Waals surface area (Å²) in [6, 6.07) is 4.62. The van der Waals surface area contributed by atoms with Gasteiger partial charge in [-0.25, -0.2) is 4.79 Å². The van der Waals surface area contributed by atoms with Crippen LogP contribution in [0.1, 0.15) is 41.9 Å². The lowest BCUT2D eigenvalue weighted by molar-refractivity contribution is -0.139. The molecule has 0 fully saturated rings. The van der Waals surface area contributed by atoms with Crippen molar-refractivity contribution in [2.45, 2.75) is 38.5 Å². The summed E-state index contributed by atoms with van der Waals surface area (Å²) in [4.78, 5) is 60.8. The van der Waals surface area contributed by atoms with Crippen LogP contribution in [0.3, 0.4) is 0 Å². The van der Waals surface area contributed by atoms with Gasteiger partial charge in [-0.15, -0.1) is 0 Å². The summed E-state index contributed by atoms with van der Waals surface area (Å²) in [5, 5.41) is 16.6. The Morgan fingerprint density at radius 3 is 2.41 bits per heavy atom. The van der Waals surface area contributed by atoms with Gasteiger partial charge in [0.1, 0.15) is 17.4 Å². The molecule has 1 unspecified atom stereocenters. The highest BCUT2D eigenvalue weighted by Gasteiger charge is 2.32. The van der Waals surface area contributed by atoms with Crippen molar-refractivity contribution in [1.29, 1.82) is 0 Å². The van der Waals surface area contributed by atoms with E-state index in [-0.39, 0.29) is 40.1 Å². The molecule has 0 saturated carbocycles. The Balaban J connectivity index is 1.61. The Morgan fingerprint density at radius 2 is 1.82 bits per heavy atom. The summed E-state index contributed by atoms with van der Waals surface area (Å²) in [5.74, 6) is -3.61. The zero-order valence-electron chi connectivity index (χ0n) is 20.9. The number of ether oxygens (including phenoxy) is 1. The number of carbonyl (C=O) groups excluding carboxylic acids is 4. The molecule has 4 N–H and O–H groups in total. The molecule has 39 heavy (non-hydrogen) atoms. The maximum absolute atomic E-state index is 12.8. The number of halogens is 2. The Bertz CT molecular complexity index is 1330. The molecule has 1 aliphatic rings. The molecule has 1 aromatic carbocycles. The summed E-state index contributed by atoms with van der Waals surface area (Å²) < 4.78 is 10.6. The molecular formula is C26H25Cl2N3O8. The van der Waals surface area contributed by atoms with Crippen LogP contribution in [0.2, 0.25) is 10.0 Å². The Labute approximate surface area is 233 Å². The second-order valence-electron chi connectivity index (χ2n) is 9.09. The van der Waals surface area contributed by atoms with Gasteiger partial charge in [-0.3, -0.25) is 19.2 Å². The maximum Gasteiger partial charge on any atom is 0.328 e. The lowest BCUT2D eigenvalue weighted by Crippen LogP contribution is -2.49. The number of hydrogen-bond donors (Lipinski definition) is 4. The van der Waals surface area contributed by atoms with Crippen LogP contribution in [0.5, 0.6) is 0 Å². The standard InChI is InChI=1S/C26H25Cl2N3O8/c1-26(2)11-15(32)10-20(39-26)23(34)30-13-19(25(36)37)31-24(35)22-17(27)8-14(9-18(22)28)12-29-21(33)6-5-16-4-3-7-38-16/h3-10,19H,11-13H2,1-2H3,(H,29,33)(H,30,34)(H,31,35)(H,36,37)/b6-5+. The highest BCUT2D eigenvalue weighted by molar-refractivity contribution is 6.39. The predicted octanol–water partition coefficient (Wildman–Crippen LogP) is 2.87. The van der Waals surface area contributed by atoms with Gasteiger partial charge >= 0.3 is 5.97 Å². The van der Waals surface area contributed by atoms with E-state index >= 15 is 0 Å². The van der Waals surface area contributed by atoms with Crippen molar-refractivity contribution in [3.8, 4) is 0 Å². The van der Waals surface area contributed by atoms with Crippen molar-refractivity contribution in [1.82, 2.24) is 16.0 Å². The molecule has 206 valence electrons. The molecule has 13 heteroatoms. The zero-order chi connectivity index (χ0) is 28.7.